The molecule has 0 aromatic heterocycles. The van der Waals surface area contributed by atoms with Gasteiger partial charge in [-0.15, -0.1) is 11.6 Å². The Kier molecular flexibility index (Phi) is 6.53. The van der Waals surface area contributed by atoms with Crippen molar-refractivity contribution in [2.45, 2.75) is 33.2 Å². The summed E-state index contributed by atoms with van der Waals surface area (Å²) < 4.78 is 1.16. The molecule has 0 aliphatic carbocycles. The van der Waals surface area contributed by atoms with E-state index in [-0.39, 0.29) is 5.41 Å². The number of hydrogen-bond donors (Lipinski definition) is 1. The van der Waals surface area contributed by atoms with Gasteiger partial charge in [0.05, 0.1) is 0 Å². The first-order valence-corrected chi connectivity index (χ1v) is 7.50. The van der Waals surface area contributed by atoms with Crippen LogP contribution in [0.15, 0.2) is 28.7 Å². The highest BCUT2D eigenvalue weighted by molar-refractivity contribution is 9.10. The Morgan fingerprint density at radius 1 is 1.24 bits per heavy atom. The van der Waals surface area contributed by atoms with E-state index in [2.05, 4.69) is 53.3 Å². The van der Waals surface area contributed by atoms with Crippen LogP contribution >= 0.6 is 27.5 Å². The Bertz CT molecular complexity index is 328. The molecule has 0 spiro atoms. The molecule has 17 heavy (non-hydrogen) atoms. The zero-order chi connectivity index (χ0) is 12.7. The quantitative estimate of drug-likeness (QED) is 0.725. The Hall–Kier alpha value is -0.0500. The van der Waals surface area contributed by atoms with E-state index in [9.17, 15) is 0 Å². The molecular weight excluding hydrogens is 298 g/mol. The SMILES string of the molecule is CCC(CC)(CCl)CNCc1ccccc1Br. The van der Waals surface area contributed by atoms with E-state index in [1.165, 1.54) is 5.56 Å². The van der Waals surface area contributed by atoms with Gasteiger partial charge in [-0.05, 0) is 29.9 Å². The van der Waals surface area contributed by atoms with Crippen LogP contribution in [0.2, 0.25) is 0 Å². The Labute approximate surface area is 118 Å². The molecule has 0 fully saturated rings. The Morgan fingerprint density at radius 3 is 2.41 bits per heavy atom. The van der Waals surface area contributed by atoms with Crippen LogP contribution in [0.1, 0.15) is 32.3 Å². The second kappa shape index (κ2) is 7.40. The minimum atomic E-state index is 0.239. The van der Waals surface area contributed by atoms with Gasteiger partial charge in [-0.3, -0.25) is 0 Å². The highest BCUT2D eigenvalue weighted by Crippen LogP contribution is 2.27. The highest BCUT2D eigenvalue weighted by atomic mass is 79.9. The zero-order valence-corrected chi connectivity index (χ0v) is 12.9. The number of halogens is 2. The van der Waals surface area contributed by atoms with E-state index in [1.807, 2.05) is 6.07 Å². The van der Waals surface area contributed by atoms with Gasteiger partial charge >= 0.3 is 0 Å². The van der Waals surface area contributed by atoms with Crippen LogP contribution in [0, 0.1) is 5.41 Å². The summed E-state index contributed by atoms with van der Waals surface area (Å²) in [7, 11) is 0. The Morgan fingerprint density at radius 2 is 1.88 bits per heavy atom. The summed E-state index contributed by atoms with van der Waals surface area (Å²) in [5, 5.41) is 3.52. The molecule has 1 N–H and O–H groups in total. The van der Waals surface area contributed by atoms with Crippen LogP contribution < -0.4 is 5.32 Å². The van der Waals surface area contributed by atoms with E-state index in [4.69, 9.17) is 11.6 Å². The van der Waals surface area contributed by atoms with Gasteiger partial charge in [-0.2, -0.15) is 0 Å². The third-order valence-electron chi connectivity index (χ3n) is 3.56. The summed E-state index contributed by atoms with van der Waals surface area (Å²) in [6.07, 6.45) is 2.24. The second-order valence-corrected chi connectivity index (χ2v) is 5.66. The summed E-state index contributed by atoms with van der Waals surface area (Å²) in [5.74, 6) is 0.725. The lowest BCUT2D eigenvalue weighted by atomic mass is 9.84. The van der Waals surface area contributed by atoms with E-state index in [0.29, 0.717) is 0 Å². The number of benzene rings is 1. The fourth-order valence-corrected chi connectivity index (χ4v) is 2.74. The third-order valence-corrected chi connectivity index (χ3v) is 4.90. The zero-order valence-electron chi connectivity index (χ0n) is 10.6. The van der Waals surface area contributed by atoms with Crippen molar-refractivity contribution in [2.24, 2.45) is 5.41 Å². The molecule has 1 rings (SSSR count). The second-order valence-electron chi connectivity index (χ2n) is 4.54. The van der Waals surface area contributed by atoms with E-state index < -0.39 is 0 Å². The topological polar surface area (TPSA) is 12.0 Å². The van der Waals surface area contributed by atoms with Crippen molar-refractivity contribution in [3.8, 4) is 0 Å². The predicted octanol–water partition coefficient (Wildman–Crippen LogP) is 4.58. The summed E-state index contributed by atoms with van der Waals surface area (Å²) >= 11 is 9.65. The largest absolute Gasteiger partial charge is 0.312 e. The molecule has 1 aromatic carbocycles. The normalized spacial score (nSPS) is 11.8. The van der Waals surface area contributed by atoms with Crippen molar-refractivity contribution in [1.82, 2.24) is 5.32 Å². The smallest absolute Gasteiger partial charge is 0.0291 e. The molecular formula is C14H21BrClN. The van der Waals surface area contributed by atoms with Gasteiger partial charge < -0.3 is 5.32 Å². The van der Waals surface area contributed by atoms with Gasteiger partial charge in [-0.25, -0.2) is 0 Å². The minimum Gasteiger partial charge on any atom is -0.312 e. The maximum absolute atomic E-state index is 6.09. The van der Waals surface area contributed by atoms with Crippen LogP contribution in [0.5, 0.6) is 0 Å². The molecule has 0 saturated carbocycles. The molecule has 1 nitrogen and oxygen atoms in total. The molecule has 0 unspecified atom stereocenters. The lowest BCUT2D eigenvalue weighted by Gasteiger charge is -2.29. The van der Waals surface area contributed by atoms with Gasteiger partial charge in [0.15, 0.2) is 0 Å². The van der Waals surface area contributed by atoms with Crippen LogP contribution in [-0.2, 0) is 6.54 Å². The number of hydrogen-bond acceptors (Lipinski definition) is 1. The molecule has 0 amide bonds. The van der Waals surface area contributed by atoms with Crippen molar-refractivity contribution in [3.05, 3.63) is 34.3 Å². The minimum absolute atomic E-state index is 0.239. The monoisotopic (exact) mass is 317 g/mol. The molecule has 96 valence electrons. The van der Waals surface area contributed by atoms with Gasteiger partial charge in [0.25, 0.3) is 0 Å². The van der Waals surface area contributed by atoms with Crippen molar-refractivity contribution >= 4 is 27.5 Å². The summed E-state index contributed by atoms with van der Waals surface area (Å²) in [5.41, 5.74) is 1.53. The molecule has 0 saturated heterocycles. The summed E-state index contributed by atoms with van der Waals surface area (Å²) in [6, 6.07) is 8.31. The summed E-state index contributed by atoms with van der Waals surface area (Å²) in [4.78, 5) is 0. The number of rotatable bonds is 7. The van der Waals surface area contributed by atoms with E-state index >= 15 is 0 Å². The van der Waals surface area contributed by atoms with Crippen LogP contribution in [-0.4, -0.2) is 12.4 Å². The third kappa shape index (κ3) is 4.27. The first-order chi connectivity index (χ1) is 8.17. The van der Waals surface area contributed by atoms with Gasteiger partial charge in [0.2, 0.25) is 0 Å². The number of nitrogens with one attached hydrogen (secondary N) is 1. The average Bonchev–Trinajstić information content (AvgIpc) is 2.37. The fourth-order valence-electron chi connectivity index (χ4n) is 1.84. The van der Waals surface area contributed by atoms with E-state index in [1.54, 1.807) is 0 Å². The van der Waals surface area contributed by atoms with E-state index in [0.717, 1.165) is 36.3 Å². The molecule has 0 bridgehead atoms. The first-order valence-electron chi connectivity index (χ1n) is 6.17. The number of alkyl halides is 1. The van der Waals surface area contributed by atoms with Crippen molar-refractivity contribution in [2.75, 3.05) is 12.4 Å². The molecule has 3 heteroatoms. The van der Waals surface area contributed by atoms with Crippen molar-refractivity contribution in [3.63, 3.8) is 0 Å². The first kappa shape index (κ1) is 15.0. The van der Waals surface area contributed by atoms with Crippen LogP contribution in [0.25, 0.3) is 0 Å². The van der Waals surface area contributed by atoms with Crippen molar-refractivity contribution < 1.29 is 0 Å². The molecule has 1 aromatic rings. The fraction of sp³-hybridized carbons (Fsp3) is 0.571. The van der Waals surface area contributed by atoms with Gasteiger partial charge in [0, 0.05) is 23.4 Å². The standard InChI is InChI=1S/C14H21BrClN/c1-3-14(4-2,10-16)11-17-9-12-7-5-6-8-13(12)15/h5-8,17H,3-4,9-11H2,1-2H3. The lowest BCUT2D eigenvalue weighted by molar-refractivity contribution is 0.286. The average molecular weight is 319 g/mol. The highest BCUT2D eigenvalue weighted by Gasteiger charge is 2.24. The lowest BCUT2D eigenvalue weighted by Crippen LogP contribution is -2.34. The molecule has 0 heterocycles. The van der Waals surface area contributed by atoms with Crippen LogP contribution in [0.4, 0.5) is 0 Å². The predicted molar refractivity (Wildman–Crippen MR) is 79.6 cm³/mol. The van der Waals surface area contributed by atoms with Crippen LogP contribution in [0.3, 0.4) is 0 Å². The van der Waals surface area contributed by atoms with Crippen molar-refractivity contribution in [1.29, 1.82) is 0 Å². The molecule has 0 atom stereocenters. The maximum Gasteiger partial charge on any atom is 0.0291 e. The Balaban J connectivity index is 2.49. The summed E-state index contributed by atoms with van der Waals surface area (Å²) in [6.45, 7) is 6.29. The maximum atomic E-state index is 6.09. The molecule has 0 aliphatic heterocycles. The molecule has 0 aliphatic rings. The van der Waals surface area contributed by atoms with Gasteiger partial charge in [0.1, 0.15) is 0 Å². The molecule has 0 radical (unpaired) electrons. The van der Waals surface area contributed by atoms with Gasteiger partial charge in [-0.1, -0.05) is 48.0 Å².